The number of nitrogens with zero attached hydrogens (tertiary/aromatic N) is 3. The summed E-state index contributed by atoms with van der Waals surface area (Å²) in [7, 11) is 0. The molecule has 2 atom stereocenters. The van der Waals surface area contributed by atoms with Crippen molar-refractivity contribution in [2.24, 2.45) is 5.73 Å². The number of benzene rings is 2. The van der Waals surface area contributed by atoms with Gasteiger partial charge in [0.15, 0.2) is 5.75 Å². The van der Waals surface area contributed by atoms with Gasteiger partial charge in [-0.25, -0.2) is 14.8 Å². The molecule has 47 heavy (non-hydrogen) atoms. The molecule has 16 heteroatoms. The van der Waals surface area contributed by atoms with Crippen LogP contribution in [0.4, 0.5) is 36.8 Å². The second-order valence-corrected chi connectivity index (χ2v) is 11.0. The Labute approximate surface area is 265 Å². The molecule has 254 valence electrons. The monoisotopic (exact) mass is 670 g/mol. The Balaban J connectivity index is 1.81. The number of carboxylic acid groups (broad SMARTS) is 1. The zero-order valence-corrected chi connectivity index (χ0v) is 25.3. The molecule has 0 radical (unpaired) electrons. The van der Waals surface area contributed by atoms with Crippen molar-refractivity contribution < 1.29 is 55.6 Å². The molecule has 0 saturated heterocycles. The molecular weight excluding hydrogens is 638 g/mol. The highest BCUT2D eigenvalue weighted by molar-refractivity contribution is 5.90. The molecular formula is C31H32F6N4O6. The Kier molecular flexibility index (Phi) is 10.2. The quantitative estimate of drug-likeness (QED) is 0.123. The zero-order chi connectivity index (χ0) is 34.7. The number of alkyl halides is 6. The highest BCUT2D eigenvalue weighted by atomic mass is 19.4. The van der Waals surface area contributed by atoms with E-state index in [2.05, 4.69) is 9.97 Å². The van der Waals surface area contributed by atoms with E-state index in [9.17, 15) is 46.1 Å². The van der Waals surface area contributed by atoms with Crippen LogP contribution in [0.1, 0.15) is 79.2 Å². The second kappa shape index (κ2) is 13.6. The van der Waals surface area contributed by atoms with Crippen LogP contribution in [0.25, 0.3) is 0 Å². The first-order valence-corrected chi connectivity index (χ1v) is 14.5. The van der Waals surface area contributed by atoms with E-state index in [-0.39, 0.29) is 84.8 Å². The third kappa shape index (κ3) is 8.04. The van der Waals surface area contributed by atoms with E-state index in [1.807, 2.05) is 0 Å². The number of anilines is 1. The van der Waals surface area contributed by atoms with Gasteiger partial charge in [-0.05, 0) is 73.7 Å². The minimum absolute atomic E-state index is 0.0112. The van der Waals surface area contributed by atoms with Crippen molar-refractivity contribution in [3.05, 3.63) is 76.4 Å². The molecule has 2 heterocycles. The van der Waals surface area contributed by atoms with E-state index in [4.69, 9.17) is 15.2 Å². The van der Waals surface area contributed by atoms with Crippen LogP contribution in [0.5, 0.6) is 11.5 Å². The molecule has 0 unspecified atom stereocenters. The van der Waals surface area contributed by atoms with Gasteiger partial charge in [-0.15, -0.1) is 0 Å². The van der Waals surface area contributed by atoms with E-state index in [0.29, 0.717) is 12.1 Å². The molecule has 1 aliphatic rings. The van der Waals surface area contributed by atoms with E-state index in [0.717, 1.165) is 4.90 Å². The maximum absolute atomic E-state index is 13.6. The summed E-state index contributed by atoms with van der Waals surface area (Å²) in [5.74, 6) is -1.58. The molecule has 4 rings (SSSR count). The van der Waals surface area contributed by atoms with Crippen LogP contribution in [-0.2, 0) is 28.3 Å². The van der Waals surface area contributed by atoms with Gasteiger partial charge < -0.3 is 25.4 Å². The van der Waals surface area contributed by atoms with Gasteiger partial charge in [-0.3, -0.25) is 9.69 Å². The summed E-state index contributed by atoms with van der Waals surface area (Å²) in [5, 5.41) is 20.3. The minimum atomic E-state index is -5.08. The SMILES string of the molecule is CCOC(=O)CCCOc1cnc([C@H]2C[C@@](N)(CC)N(C(=O)O)c3ccc(O)cc32)nc1Cc1cc(C(F)(F)F)cc(C(F)(F)F)c1. The number of halogens is 6. The van der Waals surface area contributed by atoms with Gasteiger partial charge in [0.25, 0.3) is 0 Å². The molecule has 1 aromatic heterocycles. The van der Waals surface area contributed by atoms with Crippen molar-refractivity contribution in [2.75, 3.05) is 18.1 Å². The minimum Gasteiger partial charge on any atom is -0.508 e. The third-order valence-corrected chi connectivity index (χ3v) is 7.70. The van der Waals surface area contributed by atoms with Crippen LogP contribution in [0.3, 0.4) is 0 Å². The largest absolute Gasteiger partial charge is 0.508 e. The molecule has 1 amide bonds. The highest BCUT2D eigenvalue weighted by Crippen LogP contribution is 2.46. The summed E-state index contributed by atoms with van der Waals surface area (Å²) < 4.78 is 92.3. The molecule has 1 aliphatic heterocycles. The van der Waals surface area contributed by atoms with Gasteiger partial charge in [0.1, 0.15) is 17.2 Å². The first-order chi connectivity index (χ1) is 22.0. The number of esters is 1. The van der Waals surface area contributed by atoms with Gasteiger partial charge in [-0.1, -0.05) is 6.92 Å². The number of aromatic hydroxyl groups is 1. The third-order valence-electron chi connectivity index (χ3n) is 7.70. The fourth-order valence-corrected chi connectivity index (χ4v) is 5.43. The number of ether oxygens (including phenoxy) is 2. The molecule has 0 saturated carbocycles. The van der Waals surface area contributed by atoms with Crippen LogP contribution in [0.15, 0.2) is 42.6 Å². The molecule has 10 nitrogen and oxygen atoms in total. The van der Waals surface area contributed by atoms with Crippen molar-refractivity contribution in [2.45, 2.75) is 69.9 Å². The highest BCUT2D eigenvalue weighted by Gasteiger charge is 2.46. The summed E-state index contributed by atoms with van der Waals surface area (Å²) >= 11 is 0. The predicted molar refractivity (Wildman–Crippen MR) is 155 cm³/mol. The Morgan fingerprint density at radius 1 is 1.06 bits per heavy atom. The Morgan fingerprint density at radius 3 is 2.30 bits per heavy atom. The van der Waals surface area contributed by atoms with Gasteiger partial charge >= 0.3 is 24.4 Å². The van der Waals surface area contributed by atoms with Gasteiger partial charge in [-0.2, -0.15) is 26.3 Å². The van der Waals surface area contributed by atoms with E-state index >= 15 is 0 Å². The number of rotatable bonds is 10. The number of hydrogen-bond acceptors (Lipinski definition) is 8. The second-order valence-electron chi connectivity index (χ2n) is 11.0. The average molecular weight is 671 g/mol. The van der Waals surface area contributed by atoms with E-state index in [1.165, 1.54) is 24.4 Å². The number of carbonyl (C=O) groups excluding carboxylic acids is 1. The zero-order valence-electron chi connectivity index (χ0n) is 25.3. The summed E-state index contributed by atoms with van der Waals surface area (Å²) in [6, 6.07) is 5.15. The molecule has 2 aromatic carbocycles. The van der Waals surface area contributed by atoms with Crippen LogP contribution < -0.4 is 15.4 Å². The number of hydrogen-bond donors (Lipinski definition) is 3. The van der Waals surface area contributed by atoms with Crippen molar-refractivity contribution >= 4 is 17.7 Å². The van der Waals surface area contributed by atoms with E-state index in [1.54, 1.807) is 13.8 Å². The topological polar surface area (TPSA) is 148 Å². The molecule has 0 bridgehead atoms. The van der Waals surface area contributed by atoms with Gasteiger partial charge in [0.05, 0.1) is 41.9 Å². The lowest BCUT2D eigenvalue weighted by Crippen LogP contribution is -2.61. The fraction of sp³-hybridized carbons (Fsp3) is 0.419. The smallest absolute Gasteiger partial charge is 0.416 e. The lowest BCUT2D eigenvalue weighted by Gasteiger charge is -2.46. The van der Waals surface area contributed by atoms with Crippen LogP contribution in [0, 0.1) is 0 Å². The molecule has 4 N–H and O–H groups in total. The lowest BCUT2D eigenvalue weighted by molar-refractivity contribution is -0.144. The van der Waals surface area contributed by atoms with Crippen LogP contribution in [0.2, 0.25) is 0 Å². The molecule has 0 spiro atoms. The summed E-state index contributed by atoms with van der Waals surface area (Å²) in [6.07, 6.45) is -10.6. The van der Waals surface area contributed by atoms with Crippen molar-refractivity contribution in [3.8, 4) is 11.5 Å². The van der Waals surface area contributed by atoms with Crippen molar-refractivity contribution in [3.63, 3.8) is 0 Å². The average Bonchev–Trinajstić information content (AvgIpc) is 2.98. The number of carbonyl (C=O) groups is 2. The molecule has 3 aromatic rings. The number of amides is 1. The Hall–Kier alpha value is -4.60. The van der Waals surface area contributed by atoms with Crippen molar-refractivity contribution in [1.29, 1.82) is 0 Å². The summed E-state index contributed by atoms with van der Waals surface area (Å²) in [5.41, 5.74) is 2.09. The number of phenols is 1. The maximum Gasteiger partial charge on any atom is 0.416 e. The number of fused-ring (bicyclic) bond motifs is 1. The number of nitrogens with two attached hydrogens (primary N) is 1. The maximum atomic E-state index is 13.6. The molecule has 0 fully saturated rings. The normalized spacial score (nSPS) is 18.1. The number of aromatic nitrogens is 2. The van der Waals surface area contributed by atoms with Crippen molar-refractivity contribution in [1.82, 2.24) is 9.97 Å². The van der Waals surface area contributed by atoms with Crippen LogP contribution in [-0.4, -0.2) is 51.1 Å². The summed E-state index contributed by atoms with van der Waals surface area (Å²) in [6.45, 7) is 3.40. The predicted octanol–water partition coefficient (Wildman–Crippen LogP) is 6.62. The van der Waals surface area contributed by atoms with Crippen LogP contribution >= 0.6 is 0 Å². The first-order valence-electron chi connectivity index (χ1n) is 14.5. The fourth-order valence-electron chi connectivity index (χ4n) is 5.43. The number of phenolic OH excluding ortho intramolecular Hbond substituents is 1. The molecule has 0 aliphatic carbocycles. The van der Waals surface area contributed by atoms with Gasteiger partial charge in [0, 0.05) is 18.8 Å². The van der Waals surface area contributed by atoms with Gasteiger partial charge in [0.2, 0.25) is 0 Å². The lowest BCUT2D eigenvalue weighted by atomic mass is 9.80. The Bertz CT molecular complexity index is 1600. The summed E-state index contributed by atoms with van der Waals surface area (Å²) in [4.78, 5) is 33.9. The first kappa shape index (κ1) is 35.3. The Morgan fingerprint density at radius 2 is 1.72 bits per heavy atom. The van der Waals surface area contributed by atoms with E-state index < -0.39 is 53.5 Å². The standard InChI is InChI=1S/C31H32F6N4O6/c1-3-29(38)15-22(21-14-20(42)7-8-24(21)41(29)28(44)45)27-39-16-25(47-9-5-6-26(43)46-4-2)23(40-27)12-17-10-18(30(32,33)34)13-19(11-17)31(35,36)37/h7-8,10-11,13-14,16,22,42H,3-6,9,12,15,38H2,1-2H3,(H,44,45)/t22-,29+/m0/s1.